The van der Waals surface area contributed by atoms with Gasteiger partial charge in [-0.05, 0) is 37.3 Å². The Morgan fingerprint density at radius 2 is 2.00 bits per heavy atom. The first kappa shape index (κ1) is 16.5. The van der Waals surface area contributed by atoms with Crippen LogP contribution in [-0.2, 0) is 0 Å². The fourth-order valence-electron chi connectivity index (χ4n) is 2.60. The zero-order chi connectivity index (χ0) is 15.9. The number of rotatable bonds is 6. The van der Waals surface area contributed by atoms with E-state index >= 15 is 0 Å². The van der Waals surface area contributed by atoms with Crippen molar-refractivity contribution in [1.82, 2.24) is 15.6 Å². The molecule has 0 radical (unpaired) electrons. The van der Waals surface area contributed by atoms with Crippen molar-refractivity contribution in [2.75, 3.05) is 6.54 Å². The maximum atomic E-state index is 12.2. The lowest BCUT2D eigenvalue weighted by Gasteiger charge is -2.12. The summed E-state index contributed by atoms with van der Waals surface area (Å²) < 4.78 is 0. The highest BCUT2D eigenvalue weighted by atomic mass is 16.2. The lowest BCUT2D eigenvalue weighted by molar-refractivity contribution is 0.0933. The van der Waals surface area contributed by atoms with Crippen molar-refractivity contribution in [3.8, 4) is 0 Å². The summed E-state index contributed by atoms with van der Waals surface area (Å²) in [6.45, 7) is 4.87. The van der Waals surface area contributed by atoms with E-state index < -0.39 is 0 Å². The number of pyridine rings is 1. The number of hydrogen-bond donors (Lipinski definition) is 2. The van der Waals surface area contributed by atoms with Crippen LogP contribution in [0.4, 0.5) is 0 Å². The maximum Gasteiger partial charge on any atom is 0.270 e. The molecule has 1 saturated carbocycles. The van der Waals surface area contributed by atoms with Crippen LogP contribution in [0.5, 0.6) is 0 Å². The summed E-state index contributed by atoms with van der Waals surface area (Å²) in [5.74, 6) is 0.201. The summed E-state index contributed by atoms with van der Waals surface area (Å²) in [7, 11) is 0. The predicted molar refractivity (Wildman–Crippen MR) is 85.7 cm³/mol. The molecule has 1 aromatic heterocycles. The second-order valence-corrected chi connectivity index (χ2v) is 6.32. The molecule has 22 heavy (non-hydrogen) atoms. The number of nitrogens with one attached hydrogen (secondary N) is 2. The van der Waals surface area contributed by atoms with Gasteiger partial charge < -0.3 is 10.6 Å². The van der Waals surface area contributed by atoms with Crippen molar-refractivity contribution in [2.45, 2.75) is 52.0 Å². The van der Waals surface area contributed by atoms with Gasteiger partial charge in [0.2, 0.25) is 0 Å². The largest absolute Gasteiger partial charge is 0.352 e. The Balaban J connectivity index is 1.93. The molecule has 1 aromatic rings. The molecule has 1 aliphatic rings. The van der Waals surface area contributed by atoms with Crippen molar-refractivity contribution in [3.05, 3.63) is 29.6 Å². The molecule has 0 bridgehead atoms. The van der Waals surface area contributed by atoms with Crippen LogP contribution in [0.15, 0.2) is 18.3 Å². The van der Waals surface area contributed by atoms with Gasteiger partial charge in [0.15, 0.2) is 0 Å². The van der Waals surface area contributed by atoms with E-state index in [0.717, 1.165) is 32.1 Å². The highest BCUT2D eigenvalue weighted by Crippen LogP contribution is 2.18. The zero-order valence-corrected chi connectivity index (χ0v) is 13.4. The quantitative estimate of drug-likeness (QED) is 0.848. The standard InChI is InChI=1S/C17H25N3O2/c1-12(2)7-9-19-16(21)13-8-10-18-15(11-13)17(22)20-14-5-3-4-6-14/h8,10-12,14H,3-7,9H2,1-2H3,(H,19,21)(H,20,22). The topological polar surface area (TPSA) is 71.1 Å². The molecule has 5 heteroatoms. The molecule has 120 valence electrons. The summed E-state index contributed by atoms with van der Waals surface area (Å²) in [6, 6.07) is 3.45. The van der Waals surface area contributed by atoms with Crippen LogP contribution in [0, 0.1) is 5.92 Å². The molecule has 5 nitrogen and oxygen atoms in total. The number of amides is 2. The zero-order valence-electron chi connectivity index (χ0n) is 13.4. The molecule has 0 spiro atoms. The minimum Gasteiger partial charge on any atom is -0.352 e. The SMILES string of the molecule is CC(C)CCNC(=O)c1ccnc(C(=O)NC2CCCC2)c1. The van der Waals surface area contributed by atoms with E-state index in [2.05, 4.69) is 29.5 Å². The molecule has 0 aromatic carbocycles. The van der Waals surface area contributed by atoms with Gasteiger partial charge in [0.25, 0.3) is 11.8 Å². The first-order valence-corrected chi connectivity index (χ1v) is 8.11. The van der Waals surface area contributed by atoms with Crippen LogP contribution in [0.2, 0.25) is 0 Å². The predicted octanol–water partition coefficient (Wildman–Crippen LogP) is 2.53. The van der Waals surface area contributed by atoms with Gasteiger partial charge in [-0.2, -0.15) is 0 Å². The average Bonchev–Trinajstić information content (AvgIpc) is 3.00. The van der Waals surface area contributed by atoms with Crippen LogP contribution in [-0.4, -0.2) is 29.4 Å². The molecule has 2 N–H and O–H groups in total. The lowest BCUT2D eigenvalue weighted by atomic mass is 10.1. The van der Waals surface area contributed by atoms with Gasteiger partial charge in [0.1, 0.15) is 5.69 Å². The molecule has 0 unspecified atom stereocenters. The minimum atomic E-state index is -0.191. The van der Waals surface area contributed by atoms with E-state index in [1.165, 1.54) is 6.20 Å². The fraction of sp³-hybridized carbons (Fsp3) is 0.588. The van der Waals surface area contributed by atoms with E-state index in [4.69, 9.17) is 0 Å². The van der Waals surface area contributed by atoms with E-state index in [1.807, 2.05) is 0 Å². The smallest absolute Gasteiger partial charge is 0.270 e. The molecule has 1 fully saturated rings. The van der Waals surface area contributed by atoms with Crippen LogP contribution >= 0.6 is 0 Å². The van der Waals surface area contributed by atoms with Crippen LogP contribution in [0.1, 0.15) is 66.8 Å². The number of aromatic nitrogens is 1. The van der Waals surface area contributed by atoms with Crippen molar-refractivity contribution in [1.29, 1.82) is 0 Å². The number of nitrogens with zero attached hydrogens (tertiary/aromatic N) is 1. The first-order chi connectivity index (χ1) is 10.6. The maximum absolute atomic E-state index is 12.2. The van der Waals surface area contributed by atoms with E-state index in [1.54, 1.807) is 12.1 Å². The van der Waals surface area contributed by atoms with Gasteiger partial charge in [0.05, 0.1) is 0 Å². The molecule has 0 saturated heterocycles. The third-order valence-electron chi connectivity index (χ3n) is 3.95. The van der Waals surface area contributed by atoms with Gasteiger partial charge in [-0.25, -0.2) is 0 Å². The summed E-state index contributed by atoms with van der Waals surface area (Å²) in [6.07, 6.45) is 6.84. The average molecular weight is 303 g/mol. The Labute approximate surface area is 131 Å². The Kier molecular flexibility index (Phi) is 5.92. The highest BCUT2D eigenvalue weighted by molar-refractivity contribution is 5.98. The molecule has 0 aliphatic heterocycles. The Bertz CT molecular complexity index is 522. The van der Waals surface area contributed by atoms with Gasteiger partial charge in [-0.3, -0.25) is 14.6 Å². The minimum absolute atomic E-state index is 0.155. The van der Waals surface area contributed by atoms with E-state index in [0.29, 0.717) is 23.7 Å². The molecule has 0 atom stereocenters. The highest BCUT2D eigenvalue weighted by Gasteiger charge is 2.19. The van der Waals surface area contributed by atoms with E-state index in [-0.39, 0.29) is 17.9 Å². The van der Waals surface area contributed by atoms with Crippen LogP contribution < -0.4 is 10.6 Å². The summed E-state index contributed by atoms with van der Waals surface area (Å²) in [5, 5.41) is 5.86. The second kappa shape index (κ2) is 7.92. The van der Waals surface area contributed by atoms with Gasteiger partial charge in [0, 0.05) is 24.3 Å². The third kappa shape index (κ3) is 4.83. The van der Waals surface area contributed by atoms with Crippen molar-refractivity contribution in [3.63, 3.8) is 0 Å². The Morgan fingerprint density at radius 3 is 2.68 bits per heavy atom. The van der Waals surface area contributed by atoms with Crippen molar-refractivity contribution < 1.29 is 9.59 Å². The summed E-state index contributed by atoms with van der Waals surface area (Å²) in [5.41, 5.74) is 0.790. The van der Waals surface area contributed by atoms with Crippen molar-refractivity contribution in [2.24, 2.45) is 5.92 Å². The van der Waals surface area contributed by atoms with Gasteiger partial charge in [-0.15, -0.1) is 0 Å². The molecular formula is C17H25N3O2. The Morgan fingerprint density at radius 1 is 1.27 bits per heavy atom. The third-order valence-corrected chi connectivity index (χ3v) is 3.95. The summed E-state index contributed by atoms with van der Waals surface area (Å²) >= 11 is 0. The van der Waals surface area contributed by atoms with Gasteiger partial charge in [-0.1, -0.05) is 26.7 Å². The normalized spacial score (nSPS) is 15.0. The van der Waals surface area contributed by atoms with Gasteiger partial charge >= 0.3 is 0 Å². The number of hydrogen-bond acceptors (Lipinski definition) is 3. The summed E-state index contributed by atoms with van der Waals surface area (Å²) in [4.78, 5) is 28.3. The Hall–Kier alpha value is -1.91. The molecular weight excluding hydrogens is 278 g/mol. The monoisotopic (exact) mass is 303 g/mol. The number of carbonyl (C=O) groups is 2. The molecule has 2 amide bonds. The fourth-order valence-corrected chi connectivity index (χ4v) is 2.60. The lowest BCUT2D eigenvalue weighted by Crippen LogP contribution is -2.33. The van der Waals surface area contributed by atoms with Crippen molar-refractivity contribution >= 4 is 11.8 Å². The van der Waals surface area contributed by atoms with Crippen LogP contribution in [0.3, 0.4) is 0 Å². The molecule has 2 rings (SSSR count). The van der Waals surface area contributed by atoms with Crippen LogP contribution in [0.25, 0.3) is 0 Å². The first-order valence-electron chi connectivity index (χ1n) is 8.11. The second-order valence-electron chi connectivity index (χ2n) is 6.32. The van der Waals surface area contributed by atoms with E-state index in [9.17, 15) is 9.59 Å². The molecule has 1 heterocycles. The molecule has 1 aliphatic carbocycles. The number of carbonyl (C=O) groups excluding carboxylic acids is 2.